The van der Waals surface area contributed by atoms with Gasteiger partial charge in [0.25, 0.3) is 15.9 Å². The summed E-state index contributed by atoms with van der Waals surface area (Å²) in [5.74, 6) is -0.747. The van der Waals surface area contributed by atoms with E-state index in [1.54, 1.807) is 35.6 Å². The lowest BCUT2D eigenvalue weighted by Crippen LogP contribution is -2.42. The van der Waals surface area contributed by atoms with Gasteiger partial charge in [-0.25, -0.2) is 18.4 Å². The Morgan fingerprint density at radius 3 is 2.62 bits per heavy atom. The molecule has 0 radical (unpaired) electrons. The number of rotatable bonds is 8. The van der Waals surface area contributed by atoms with Crippen molar-refractivity contribution in [1.82, 2.24) is 20.8 Å². The summed E-state index contributed by atoms with van der Waals surface area (Å²) in [6.45, 7) is 4.00. The number of thioether (sulfide) groups is 1. The number of methoxy groups -OCH3 is 1. The largest absolute Gasteiger partial charge is 0.495 e. The Hall–Kier alpha value is -3.68. The molecular formula is C24H23N5O5S3. The van der Waals surface area contributed by atoms with Crippen LogP contribution in [0.1, 0.15) is 20.8 Å². The molecule has 4 rings (SSSR count). The fourth-order valence-corrected chi connectivity index (χ4v) is 6.40. The number of aromatic nitrogens is 2. The average molecular weight is 558 g/mol. The first-order valence-corrected chi connectivity index (χ1v) is 14.2. The van der Waals surface area contributed by atoms with Gasteiger partial charge in [-0.05, 0) is 49.7 Å². The zero-order chi connectivity index (χ0) is 26.6. The van der Waals surface area contributed by atoms with E-state index in [1.807, 2.05) is 13.8 Å². The number of carbonyl (C=O) groups excluding carboxylic acids is 2. The summed E-state index contributed by atoms with van der Waals surface area (Å²) in [6.07, 6.45) is 1.46. The van der Waals surface area contributed by atoms with Gasteiger partial charge >= 0.3 is 0 Å². The molecule has 0 unspecified atom stereocenters. The Morgan fingerprint density at radius 1 is 1.05 bits per heavy atom. The molecule has 37 heavy (non-hydrogen) atoms. The predicted octanol–water partition coefficient (Wildman–Crippen LogP) is 3.67. The number of hydrogen-bond acceptors (Lipinski definition) is 9. The number of thiophene rings is 1. The van der Waals surface area contributed by atoms with Gasteiger partial charge in [0.05, 0.1) is 23.4 Å². The maximum atomic E-state index is 12.9. The molecule has 2 amide bonds. The minimum Gasteiger partial charge on any atom is -0.495 e. The molecule has 4 aromatic rings. The number of sulfonamides is 1. The van der Waals surface area contributed by atoms with Crippen molar-refractivity contribution in [2.45, 2.75) is 23.8 Å². The van der Waals surface area contributed by atoms with Gasteiger partial charge < -0.3 is 4.74 Å². The number of para-hydroxylation sites is 2. The number of anilines is 1. The highest BCUT2D eigenvalue weighted by atomic mass is 32.2. The normalized spacial score (nSPS) is 11.2. The number of benzene rings is 2. The van der Waals surface area contributed by atoms with E-state index in [1.165, 1.54) is 49.5 Å². The van der Waals surface area contributed by atoms with E-state index in [0.717, 1.165) is 20.7 Å². The molecule has 10 nitrogen and oxygen atoms in total. The van der Waals surface area contributed by atoms with Crippen LogP contribution in [-0.4, -0.2) is 43.1 Å². The fourth-order valence-electron chi connectivity index (χ4n) is 3.37. The highest BCUT2D eigenvalue weighted by molar-refractivity contribution is 8.00. The molecule has 2 aromatic heterocycles. The van der Waals surface area contributed by atoms with E-state index in [2.05, 4.69) is 25.5 Å². The Kier molecular flexibility index (Phi) is 7.95. The van der Waals surface area contributed by atoms with Crippen molar-refractivity contribution in [3.63, 3.8) is 0 Å². The van der Waals surface area contributed by atoms with Gasteiger partial charge in [-0.3, -0.25) is 25.2 Å². The zero-order valence-electron chi connectivity index (χ0n) is 20.1. The summed E-state index contributed by atoms with van der Waals surface area (Å²) in [7, 11) is -2.57. The minimum absolute atomic E-state index is 0.0119. The molecule has 0 saturated carbocycles. The smallest absolute Gasteiger partial charge is 0.269 e. The molecule has 0 bridgehead atoms. The average Bonchev–Trinajstić information content (AvgIpc) is 3.19. The van der Waals surface area contributed by atoms with E-state index in [9.17, 15) is 18.0 Å². The van der Waals surface area contributed by atoms with Crippen molar-refractivity contribution in [3.05, 3.63) is 70.9 Å². The first kappa shape index (κ1) is 26.4. The molecule has 13 heteroatoms. The van der Waals surface area contributed by atoms with E-state index < -0.39 is 21.8 Å². The summed E-state index contributed by atoms with van der Waals surface area (Å²) in [6, 6.07) is 12.0. The summed E-state index contributed by atoms with van der Waals surface area (Å²) in [5, 5.41) is 1.61. The zero-order valence-corrected chi connectivity index (χ0v) is 22.5. The van der Waals surface area contributed by atoms with Crippen LogP contribution in [0.15, 0.2) is 64.8 Å². The lowest BCUT2D eigenvalue weighted by atomic mass is 10.2. The fraction of sp³-hybridized carbons (Fsp3) is 0.167. The molecule has 0 atom stereocenters. The number of nitrogens with zero attached hydrogens (tertiary/aromatic N) is 2. The minimum atomic E-state index is -4.00. The highest BCUT2D eigenvalue weighted by Gasteiger charge is 2.19. The number of nitrogens with one attached hydrogen (secondary N) is 3. The second-order valence-corrected chi connectivity index (χ2v) is 11.6. The molecule has 2 heterocycles. The molecule has 0 saturated heterocycles. The summed E-state index contributed by atoms with van der Waals surface area (Å²) in [5.41, 5.74) is 6.06. The molecule has 2 aromatic carbocycles. The molecule has 0 fully saturated rings. The number of carbonyl (C=O) groups is 2. The molecular weight excluding hydrogens is 534 g/mol. The van der Waals surface area contributed by atoms with Gasteiger partial charge in [0, 0.05) is 15.8 Å². The van der Waals surface area contributed by atoms with Gasteiger partial charge in [-0.2, -0.15) is 0 Å². The first-order valence-electron chi connectivity index (χ1n) is 10.9. The van der Waals surface area contributed by atoms with Gasteiger partial charge in [0.1, 0.15) is 21.9 Å². The van der Waals surface area contributed by atoms with Crippen LogP contribution in [0.2, 0.25) is 0 Å². The lowest BCUT2D eigenvalue weighted by molar-refractivity contribution is -0.119. The van der Waals surface area contributed by atoms with Crippen LogP contribution in [0, 0.1) is 13.8 Å². The van der Waals surface area contributed by atoms with Crippen LogP contribution >= 0.6 is 23.1 Å². The Morgan fingerprint density at radius 2 is 1.84 bits per heavy atom. The van der Waals surface area contributed by atoms with Crippen molar-refractivity contribution in [1.29, 1.82) is 0 Å². The third-order valence-electron chi connectivity index (χ3n) is 5.34. The number of aryl methyl sites for hydroxylation is 2. The molecule has 192 valence electrons. The SMILES string of the molecule is COc1ccccc1NS(=O)(=O)c1cccc(C(=O)NNC(=O)CSc2ncnc3sc(C)c(C)c23)c1. The van der Waals surface area contributed by atoms with Gasteiger partial charge in [0.2, 0.25) is 5.91 Å². The van der Waals surface area contributed by atoms with Crippen molar-refractivity contribution < 1.29 is 22.7 Å². The van der Waals surface area contributed by atoms with Crippen LogP contribution in [0.5, 0.6) is 5.75 Å². The first-order chi connectivity index (χ1) is 17.7. The molecule has 3 N–H and O–H groups in total. The number of fused-ring (bicyclic) bond motifs is 1. The number of hydrazine groups is 1. The quantitative estimate of drug-likeness (QED) is 0.169. The summed E-state index contributed by atoms with van der Waals surface area (Å²) >= 11 is 2.81. The van der Waals surface area contributed by atoms with E-state index in [-0.39, 0.29) is 21.9 Å². The summed E-state index contributed by atoms with van der Waals surface area (Å²) < 4.78 is 33.4. The van der Waals surface area contributed by atoms with Crippen molar-refractivity contribution in [3.8, 4) is 5.75 Å². The second kappa shape index (κ2) is 11.2. The number of amides is 2. The van der Waals surface area contributed by atoms with Gasteiger partial charge in [-0.15, -0.1) is 11.3 Å². The van der Waals surface area contributed by atoms with E-state index in [4.69, 9.17) is 4.74 Å². The highest BCUT2D eigenvalue weighted by Crippen LogP contribution is 2.34. The second-order valence-electron chi connectivity index (χ2n) is 7.77. The van der Waals surface area contributed by atoms with Crippen LogP contribution in [0.3, 0.4) is 0 Å². The van der Waals surface area contributed by atoms with E-state index in [0.29, 0.717) is 10.8 Å². The van der Waals surface area contributed by atoms with Crippen molar-refractivity contribution in [2.24, 2.45) is 0 Å². The third-order valence-corrected chi connectivity index (χ3v) is 8.81. The molecule has 0 aliphatic heterocycles. The monoisotopic (exact) mass is 557 g/mol. The Balaban J connectivity index is 1.38. The standard InChI is InChI=1S/C24H23N5O5S3/c1-14-15(2)36-24-21(14)23(25-13-26-24)35-12-20(30)27-28-22(31)16-7-6-8-17(11-16)37(32,33)29-18-9-4-5-10-19(18)34-3/h4-11,13,29H,12H2,1-3H3,(H,27,30)(H,28,31). The van der Waals surface area contributed by atoms with Crippen LogP contribution in [0.4, 0.5) is 5.69 Å². The van der Waals surface area contributed by atoms with Crippen LogP contribution in [-0.2, 0) is 14.8 Å². The van der Waals surface area contributed by atoms with Gasteiger partial charge in [0.15, 0.2) is 0 Å². The molecule has 0 aliphatic carbocycles. The maximum Gasteiger partial charge on any atom is 0.269 e. The van der Waals surface area contributed by atoms with Crippen LogP contribution in [0.25, 0.3) is 10.2 Å². The summed E-state index contributed by atoms with van der Waals surface area (Å²) in [4.78, 5) is 35.4. The predicted molar refractivity (Wildman–Crippen MR) is 143 cm³/mol. The lowest BCUT2D eigenvalue weighted by Gasteiger charge is -2.12. The maximum absolute atomic E-state index is 12.9. The van der Waals surface area contributed by atoms with E-state index >= 15 is 0 Å². The van der Waals surface area contributed by atoms with Crippen molar-refractivity contribution >= 4 is 60.8 Å². The molecule has 0 aliphatic rings. The third kappa shape index (κ3) is 6.01. The van der Waals surface area contributed by atoms with Crippen LogP contribution < -0.4 is 20.3 Å². The molecule has 0 spiro atoms. The Bertz CT molecular complexity index is 1590. The topological polar surface area (TPSA) is 139 Å². The Labute approximate surface area is 221 Å². The number of ether oxygens (including phenoxy) is 1. The van der Waals surface area contributed by atoms with Crippen molar-refractivity contribution in [2.75, 3.05) is 17.6 Å². The van der Waals surface area contributed by atoms with Gasteiger partial charge in [-0.1, -0.05) is 30.0 Å². The number of hydrogen-bond donors (Lipinski definition) is 3.